The minimum Gasteiger partial charge on any atom is -0.497 e. The molecule has 5 nitrogen and oxygen atoms in total. The maximum absolute atomic E-state index is 5.89. The molecular weight excluding hydrogens is 496 g/mol. The average Bonchev–Trinajstić information content (AvgIpc) is 3.26. The fraction of sp³-hybridized carbons (Fsp3) is 0.231. The molecule has 0 amide bonds. The number of halogens is 1. The molecule has 4 aromatic rings. The molecule has 0 radical (unpaired) electrons. The quantitative estimate of drug-likeness (QED) is 0.249. The molecule has 1 aliphatic rings. The first-order chi connectivity index (χ1) is 16.1. The van der Waals surface area contributed by atoms with Gasteiger partial charge in [0.1, 0.15) is 22.1 Å². The van der Waals surface area contributed by atoms with Gasteiger partial charge < -0.3 is 14.6 Å². The first kappa shape index (κ1) is 21.9. The van der Waals surface area contributed by atoms with E-state index in [1.54, 1.807) is 7.11 Å². The van der Waals surface area contributed by atoms with Crippen molar-refractivity contribution in [3.05, 3.63) is 76.9 Å². The number of nitrogens with one attached hydrogen (secondary N) is 1. The number of aromatic nitrogens is 3. The lowest BCUT2D eigenvalue weighted by Gasteiger charge is -2.11. The summed E-state index contributed by atoms with van der Waals surface area (Å²) in [6, 6.07) is 16.5. The maximum atomic E-state index is 5.89. The van der Waals surface area contributed by atoms with Crippen LogP contribution in [0.25, 0.3) is 28.2 Å². The molecule has 5 rings (SSSR count). The summed E-state index contributed by atoms with van der Waals surface area (Å²) in [6.45, 7) is 5.36. The molecule has 33 heavy (non-hydrogen) atoms. The second-order valence-corrected chi connectivity index (χ2v) is 9.43. The van der Waals surface area contributed by atoms with Crippen LogP contribution in [-0.4, -0.2) is 32.8 Å². The van der Waals surface area contributed by atoms with Gasteiger partial charge in [-0.2, -0.15) is 0 Å². The van der Waals surface area contributed by atoms with Crippen LogP contribution in [0.3, 0.4) is 0 Å². The Morgan fingerprint density at radius 2 is 1.88 bits per heavy atom. The average molecular weight is 521 g/mol. The van der Waals surface area contributed by atoms with Crippen LogP contribution >= 0.6 is 28.1 Å². The van der Waals surface area contributed by atoms with Crippen molar-refractivity contribution in [1.29, 1.82) is 0 Å². The number of hydrogen-bond acceptors (Lipinski definition) is 3. The Hall–Kier alpha value is -2.90. The summed E-state index contributed by atoms with van der Waals surface area (Å²) in [5, 5.41) is 8.46. The molecule has 2 aromatic carbocycles. The number of ether oxygens (including phenoxy) is 1. The first-order valence-electron chi connectivity index (χ1n) is 11.1. The smallest absolute Gasteiger partial charge is 0.162 e. The van der Waals surface area contributed by atoms with Crippen molar-refractivity contribution in [2.75, 3.05) is 13.7 Å². The number of benzene rings is 2. The molecule has 0 saturated carbocycles. The summed E-state index contributed by atoms with van der Waals surface area (Å²) in [4.78, 5) is 0.676. The number of rotatable bonds is 6. The summed E-state index contributed by atoms with van der Waals surface area (Å²) < 4.78 is 10.9. The normalized spacial score (nSPS) is 13.0. The van der Waals surface area contributed by atoms with Gasteiger partial charge in [-0.15, -0.1) is 11.7 Å². The third-order valence-corrected chi connectivity index (χ3v) is 6.95. The Labute approximate surface area is 207 Å². The Kier molecular flexibility index (Phi) is 6.08. The Balaban J connectivity index is 1.79. The standard InChI is InChI=1S/C26H25BrN4OS/c1-3-15-28-25(33)23-22(17-9-13-20(32-2)14-10-17)21-6-4-5-16-30-24(29-31(23)26(21)30)18-7-11-19(27)12-8-18/h3,7-14H,1,4-6,15-16H2,2H3,(H,28,33). The van der Waals surface area contributed by atoms with Gasteiger partial charge in [0.05, 0.1) is 7.11 Å². The highest BCUT2D eigenvalue weighted by Crippen LogP contribution is 2.39. The highest BCUT2D eigenvalue weighted by atomic mass is 79.9. The Bertz CT molecular complexity index is 1340. The minimum absolute atomic E-state index is 0.601. The van der Waals surface area contributed by atoms with Crippen LogP contribution in [0.4, 0.5) is 0 Å². The predicted octanol–water partition coefficient (Wildman–Crippen LogP) is 6.03. The molecule has 0 unspecified atom stereocenters. The van der Waals surface area contributed by atoms with Crippen molar-refractivity contribution in [3.63, 3.8) is 0 Å². The molecule has 7 heteroatoms. The molecule has 0 bridgehead atoms. The van der Waals surface area contributed by atoms with E-state index in [2.05, 4.69) is 73.3 Å². The number of methoxy groups -OCH3 is 1. The summed E-state index contributed by atoms with van der Waals surface area (Å²) in [5.41, 5.74) is 6.73. The molecule has 3 heterocycles. The van der Waals surface area contributed by atoms with Crippen molar-refractivity contribution in [1.82, 2.24) is 19.5 Å². The molecule has 0 atom stereocenters. The molecule has 1 aliphatic heterocycles. The second-order valence-electron chi connectivity index (χ2n) is 8.10. The predicted molar refractivity (Wildman–Crippen MR) is 141 cm³/mol. The maximum Gasteiger partial charge on any atom is 0.162 e. The summed E-state index contributed by atoms with van der Waals surface area (Å²) in [6.07, 6.45) is 5.04. The van der Waals surface area contributed by atoms with Crippen LogP contribution in [-0.2, 0) is 13.0 Å². The number of thiocarbonyl (C=S) groups is 1. The summed E-state index contributed by atoms with van der Waals surface area (Å²) in [5.74, 6) is 1.80. The molecule has 2 aromatic heterocycles. The monoisotopic (exact) mass is 520 g/mol. The topological polar surface area (TPSA) is 43.5 Å². The third-order valence-electron chi connectivity index (χ3n) is 6.09. The second kappa shape index (κ2) is 9.15. The third kappa shape index (κ3) is 3.89. The zero-order valence-electron chi connectivity index (χ0n) is 18.5. The van der Waals surface area contributed by atoms with Crippen LogP contribution in [0.5, 0.6) is 5.75 Å². The van der Waals surface area contributed by atoms with Crippen molar-refractivity contribution in [2.24, 2.45) is 0 Å². The van der Waals surface area contributed by atoms with Crippen molar-refractivity contribution < 1.29 is 4.74 Å². The highest BCUT2D eigenvalue weighted by Gasteiger charge is 2.29. The molecule has 0 fully saturated rings. The molecule has 0 aliphatic carbocycles. The van der Waals surface area contributed by atoms with E-state index in [0.29, 0.717) is 11.5 Å². The lowest BCUT2D eigenvalue weighted by atomic mass is 9.98. The minimum atomic E-state index is 0.601. The molecule has 168 valence electrons. The zero-order valence-corrected chi connectivity index (χ0v) is 20.9. The van der Waals surface area contributed by atoms with Crippen LogP contribution in [0.1, 0.15) is 24.1 Å². The van der Waals surface area contributed by atoms with Crippen LogP contribution in [0.15, 0.2) is 65.7 Å². The van der Waals surface area contributed by atoms with Gasteiger partial charge in [0.2, 0.25) is 0 Å². The van der Waals surface area contributed by atoms with Crippen molar-refractivity contribution >= 4 is 38.8 Å². The van der Waals surface area contributed by atoms with Gasteiger partial charge >= 0.3 is 0 Å². The lowest BCUT2D eigenvalue weighted by molar-refractivity contribution is 0.415. The summed E-state index contributed by atoms with van der Waals surface area (Å²) in [7, 11) is 1.69. The largest absolute Gasteiger partial charge is 0.497 e. The summed E-state index contributed by atoms with van der Waals surface area (Å²) >= 11 is 9.43. The van der Waals surface area contributed by atoms with E-state index in [-0.39, 0.29) is 0 Å². The van der Waals surface area contributed by atoms with Crippen LogP contribution in [0.2, 0.25) is 0 Å². The van der Waals surface area contributed by atoms with Gasteiger partial charge in [0.15, 0.2) is 5.82 Å². The Morgan fingerprint density at radius 3 is 2.58 bits per heavy atom. The van der Waals surface area contributed by atoms with Gasteiger partial charge in [0, 0.05) is 34.3 Å². The number of hydrogen-bond donors (Lipinski definition) is 1. The van der Waals surface area contributed by atoms with E-state index < -0.39 is 0 Å². The van der Waals surface area contributed by atoms with Crippen LogP contribution in [0, 0.1) is 0 Å². The zero-order chi connectivity index (χ0) is 22.9. The van der Waals surface area contributed by atoms with Gasteiger partial charge in [-0.05, 0) is 49.1 Å². The van der Waals surface area contributed by atoms with E-state index in [4.69, 9.17) is 22.1 Å². The van der Waals surface area contributed by atoms with E-state index in [9.17, 15) is 0 Å². The fourth-order valence-corrected chi connectivity index (χ4v) is 5.11. The molecule has 0 saturated heterocycles. The molecule has 0 spiro atoms. The Morgan fingerprint density at radius 1 is 1.15 bits per heavy atom. The van der Waals surface area contributed by atoms with Gasteiger partial charge in [-0.1, -0.05) is 58.5 Å². The SMILES string of the molecule is C=CCNC(=S)c1c(-c2ccc(OC)cc2)c2c3n(c(-c4ccc(Br)cc4)nn13)CCCC2. The van der Waals surface area contributed by atoms with Crippen molar-refractivity contribution in [3.8, 4) is 28.3 Å². The van der Waals surface area contributed by atoms with E-state index >= 15 is 0 Å². The van der Waals surface area contributed by atoms with Gasteiger partial charge in [-0.3, -0.25) is 0 Å². The number of aryl methyl sites for hydroxylation is 2. The highest BCUT2D eigenvalue weighted by molar-refractivity contribution is 9.10. The van der Waals surface area contributed by atoms with Gasteiger partial charge in [0.25, 0.3) is 0 Å². The molecule has 1 N–H and O–H groups in total. The fourth-order valence-electron chi connectivity index (χ4n) is 4.58. The van der Waals surface area contributed by atoms with E-state index in [0.717, 1.165) is 69.9 Å². The van der Waals surface area contributed by atoms with Gasteiger partial charge in [-0.25, -0.2) is 4.52 Å². The van der Waals surface area contributed by atoms with E-state index in [1.807, 2.05) is 18.2 Å². The lowest BCUT2D eigenvalue weighted by Crippen LogP contribution is -2.24. The first-order valence-corrected chi connectivity index (χ1v) is 12.3. The molecular formula is C26H25BrN4OS. The van der Waals surface area contributed by atoms with E-state index in [1.165, 1.54) is 5.56 Å². The van der Waals surface area contributed by atoms with Crippen molar-refractivity contribution in [2.45, 2.75) is 25.8 Å². The number of nitrogens with zero attached hydrogens (tertiary/aromatic N) is 3. The van der Waals surface area contributed by atoms with Crippen LogP contribution < -0.4 is 10.1 Å².